The predicted octanol–water partition coefficient (Wildman–Crippen LogP) is -0.406. The van der Waals surface area contributed by atoms with Gasteiger partial charge in [0.15, 0.2) is 9.74 Å². The van der Waals surface area contributed by atoms with Crippen LogP contribution in [0.3, 0.4) is 0 Å². The lowest BCUT2D eigenvalue weighted by Crippen LogP contribution is -2.74. The Bertz CT molecular complexity index is 608. The van der Waals surface area contributed by atoms with E-state index in [1.54, 1.807) is 18.4 Å². The molecule has 4 atom stereocenters. The summed E-state index contributed by atoms with van der Waals surface area (Å²) in [7, 11) is 1.48. The molecule has 2 amide bonds. The van der Waals surface area contributed by atoms with Gasteiger partial charge in [-0.3, -0.25) is 9.59 Å². The molecule has 0 aromatic rings. The lowest BCUT2D eigenvalue weighted by Gasteiger charge is -2.52. The molecule has 0 unspecified atom stereocenters. The second kappa shape index (κ2) is 5.02. The zero-order valence-corrected chi connectivity index (χ0v) is 14.0. The molecule has 2 fully saturated rings. The Morgan fingerprint density at radius 3 is 2.73 bits per heavy atom. The summed E-state index contributed by atoms with van der Waals surface area (Å²) in [5, 5.41) is 19.9. The lowest BCUT2D eigenvalue weighted by atomic mass is 9.97. The van der Waals surface area contributed by atoms with Crippen LogP contribution in [0.5, 0.6) is 0 Å². The predicted molar refractivity (Wildman–Crippen MR) is 86.3 cm³/mol. The highest BCUT2D eigenvalue weighted by Gasteiger charge is 2.66. The molecule has 2 aliphatic heterocycles. The zero-order chi connectivity index (χ0) is 16.3. The minimum Gasteiger partial charge on any atom is -0.392 e. The van der Waals surface area contributed by atoms with E-state index in [9.17, 15) is 19.8 Å². The van der Waals surface area contributed by atoms with Crippen molar-refractivity contribution in [1.82, 2.24) is 9.80 Å². The number of carbonyl (C=O) groups excluding carboxylic acids is 2. The van der Waals surface area contributed by atoms with Crippen molar-refractivity contribution in [2.75, 3.05) is 19.9 Å². The van der Waals surface area contributed by atoms with Gasteiger partial charge in [0.05, 0.1) is 18.8 Å². The number of fused-ring (bicyclic) bond motifs is 3. The Morgan fingerprint density at radius 2 is 2.14 bits per heavy atom. The molecule has 22 heavy (non-hydrogen) atoms. The molecule has 2 saturated heterocycles. The van der Waals surface area contributed by atoms with E-state index in [1.165, 1.54) is 28.6 Å². The number of aliphatic hydroxyl groups is 2. The number of thioether (sulfide) groups is 1. The monoisotopic (exact) mass is 342 g/mol. The highest BCUT2D eigenvalue weighted by Crippen LogP contribution is 2.52. The number of piperazine rings is 1. The van der Waals surface area contributed by atoms with E-state index in [2.05, 4.69) is 12.6 Å². The molecule has 3 rings (SSSR count). The van der Waals surface area contributed by atoms with Crippen LogP contribution in [-0.4, -0.2) is 73.6 Å². The maximum absolute atomic E-state index is 13.0. The maximum Gasteiger partial charge on any atom is 0.263 e. The van der Waals surface area contributed by atoms with Crippen molar-refractivity contribution in [2.24, 2.45) is 0 Å². The molecule has 0 aromatic heterocycles. The zero-order valence-electron chi connectivity index (χ0n) is 12.3. The third-order valence-electron chi connectivity index (χ3n) is 4.75. The molecule has 2 heterocycles. The summed E-state index contributed by atoms with van der Waals surface area (Å²) >= 11 is 5.56. The van der Waals surface area contributed by atoms with Crippen LogP contribution in [0.2, 0.25) is 0 Å². The number of allylic oxidation sites excluding steroid dienone is 2. The van der Waals surface area contributed by atoms with Gasteiger partial charge >= 0.3 is 0 Å². The first-order valence-corrected chi connectivity index (χ1v) is 8.56. The average molecular weight is 342 g/mol. The maximum atomic E-state index is 13.0. The Balaban J connectivity index is 2.18. The van der Waals surface area contributed by atoms with Crippen molar-refractivity contribution < 1.29 is 19.8 Å². The molecule has 120 valence electrons. The fraction of sp³-hybridized carbons (Fsp3) is 0.571. The third kappa shape index (κ3) is 1.72. The standard InChI is InChI=1S/C14H18N2O4S2/c1-15-12(20)14(22-2)6-8-4-3-5-9(18)10(8)16(14)11(19)13(15,21)7-17/h3-5,9-10,17-18,21H,6-7H2,1-2H3/t9-,10-,13+,14+/m0/s1. The van der Waals surface area contributed by atoms with Crippen LogP contribution in [-0.2, 0) is 9.59 Å². The summed E-state index contributed by atoms with van der Waals surface area (Å²) in [6.45, 7) is -0.587. The van der Waals surface area contributed by atoms with Crippen LogP contribution in [0.1, 0.15) is 6.42 Å². The number of hydrogen-bond donors (Lipinski definition) is 3. The minimum atomic E-state index is -1.60. The summed E-state index contributed by atoms with van der Waals surface area (Å²) in [5.74, 6) is -0.747. The molecule has 3 aliphatic rings. The highest BCUT2D eigenvalue weighted by atomic mass is 32.2. The molecule has 6 nitrogen and oxygen atoms in total. The van der Waals surface area contributed by atoms with E-state index < -0.39 is 34.4 Å². The van der Waals surface area contributed by atoms with Gasteiger partial charge in [-0.05, 0) is 11.8 Å². The second-order valence-electron chi connectivity index (χ2n) is 5.74. The summed E-state index contributed by atoms with van der Waals surface area (Å²) in [4.78, 5) is 25.9. The van der Waals surface area contributed by atoms with Gasteiger partial charge in [0.1, 0.15) is 0 Å². The first-order chi connectivity index (χ1) is 10.3. The van der Waals surface area contributed by atoms with Crippen LogP contribution >= 0.6 is 24.4 Å². The van der Waals surface area contributed by atoms with E-state index in [4.69, 9.17) is 0 Å². The number of thiol groups is 1. The number of amides is 2. The summed E-state index contributed by atoms with van der Waals surface area (Å²) in [6.07, 6.45) is 6.44. The van der Waals surface area contributed by atoms with Crippen molar-refractivity contribution in [1.29, 1.82) is 0 Å². The fourth-order valence-corrected chi connectivity index (χ4v) is 4.67. The van der Waals surface area contributed by atoms with Gasteiger partial charge in [-0.2, -0.15) is 0 Å². The Hall–Kier alpha value is -0.960. The topological polar surface area (TPSA) is 81.1 Å². The van der Waals surface area contributed by atoms with Crippen LogP contribution in [0, 0.1) is 0 Å². The first-order valence-electron chi connectivity index (χ1n) is 6.89. The van der Waals surface area contributed by atoms with Crippen molar-refractivity contribution in [3.63, 3.8) is 0 Å². The fourth-order valence-electron chi connectivity index (χ4n) is 3.45. The van der Waals surface area contributed by atoms with E-state index in [1.807, 2.05) is 6.08 Å². The lowest BCUT2D eigenvalue weighted by molar-refractivity contribution is -0.167. The Labute approximate surface area is 138 Å². The van der Waals surface area contributed by atoms with Crippen LogP contribution < -0.4 is 0 Å². The van der Waals surface area contributed by atoms with Crippen LogP contribution in [0.4, 0.5) is 0 Å². The molecule has 0 spiro atoms. The molecule has 8 heteroatoms. The van der Waals surface area contributed by atoms with Crippen molar-refractivity contribution >= 4 is 36.2 Å². The minimum absolute atomic E-state index is 0.286. The number of rotatable bonds is 2. The van der Waals surface area contributed by atoms with Gasteiger partial charge in [-0.15, -0.1) is 24.4 Å². The SMILES string of the molecule is CS[C@@]12CC3=CC=C[C@H](O)[C@H]3N1C(=O)[C@](S)(CO)N(C)C2=O. The number of aliphatic hydroxyl groups excluding tert-OH is 2. The smallest absolute Gasteiger partial charge is 0.263 e. The number of nitrogens with zero attached hydrogens (tertiary/aromatic N) is 2. The molecular formula is C14H18N2O4S2. The molecule has 2 N–H and O–H groups in total. The van der Waals surface area contributed by atoms with Gasteiger partial charge < -0.3 is 20.0 Å². The van der Waals surface area contributed by atoms with Crippen molar-refractivity contribution in [3.05, 3.63) is 23.8 Å². The van der Waals surface area contributed by atoms with Crippen molar-refractivity contribution in [3.8, 4) is 0 Å². The summed E-state index contributed by atoms with van der Waals surface area (Å²) in [6, 6.07) is -0.583. The third-order valence-corrected chi connectivity index (χ3v) is 6.57. The first kappa shape index (κ1) is 15.9. The summed E-state index contributed by atoms with van der Waals surface area (Å²) in [5.41, 5.74) is 0.843. The van der Waals surface area contributed by atoms with Gasteiger partial charge in [0, 0.05) is 13.5 Å². The quantitative estimate of drug-likeness (QED) is 0.595. The number of likely N-dealkylation sites (N-methyl/N-ethyl adjacent to an activating group) is 1. The number of carbonyl (C=O) groups is 2. The normalized spacial score (nSPS) is 40.7. The van der Waals surface area contributed by atoms with E-state index in [-0.39, 0.29) is 5.91 Å². The molecule has 0 bridgehead atoms. The van der Waals surface area contributed by atoms with Crippen LogP contribution in [0.15, 0.2) is 23.8 Å². The second-order valence-corrected chi connectivity index (χ2v) is 7.56. The molecule has 1 aliphatic carbocycles. The number of hydrogen-bond acceptors (Lipinski definition) is 6. The Morgan fingerprint density at radius 1 is 1.45 bits per heavy atom. The molecular weight excluding hydrogens is 324 g/mol. The van der Waals surface area contributed by atoms with Gasteiger partial charge in [-0.1, -0.05) is 18.2 Å². The molecule has 0 saturated carbocycles. The Kier molecular flexibility index (Phi) is 3.63. The largest absolute Gasteiger partial charge is 0.392 e. The summed E-state index contributed by atoms with van der Waals surface area (Å²) < 4.78 is 0. The average Bonchev–Trinajstić information content (AvgIpc) is 2.88. The molecule has 0 radical (unpaired) electrons. The van der Waals surface area contributed by atoms with Crippen LogP contribution in [0.25, 0.3) is 0 Å². The van der Waals surface area contributed by atoms with E-state index >= 15 is 0 Å². The van der Waals surface area contributed by atoms with E-state index in [0.29, 0.717) is 6.42 Å². The van der Waals surface area contributed by atoms with Gasteiger partial charge in [0.2, 0.25) is 0 Å². The van der Waals surface area contributed by atoms with Gasteiger partial charge in [-0.25, -0.2) is 0 Å². The van der Waals surface area contributed by atoms with Gasteiger partial charge in [0.25, 0.3) is 11.8 Å². The van der Waals surface area contributed by atoms with Crippen molar-refractivity contribution in [2.45, 2.75) is 28.3 Å². The van der Waals surface area contributed by atoms with E-state index in [0.717, 1.165) is 5.57 Å². The highest BCUT2D eigenvalue weighted by molar-refractivity contribution is 8.00. The molecule has 0 aromatic carbocycles.